The Morgan fingerprint density at radius 1 is 1.72 bits per heavy atom. The highest BCUT2D eigenvalue weighted by atomic mass is 79.9. The lowest BCUT2D eigenvalue weighted by atomic mass is 10.3. The van der Waals surface area contributed by atoms with Gasteiger partial charge in [-0.3, -0.25) is 0 Å². The average molecular weight is 317 g/mol. The Labute approximate surface area is 112 Å². The summed E-state index contributed by atoms with van der Waals surface area (Å²) in [7, 11) is 1.53. The second-order valence-corrected chi connectivity index (χ2v) is 4.76. The first-order chi connectivity index (χ1) is 8.60. The second kappa shape index (κ2) is 5.38. The third-order valence-electron chi connectivity index (χ3n) is 2.70. The van der Waals surface area contributed by atoms with Crippen LogP contribution in [-0.4, -0.2) is 52.3 Å². The number of anilines is 1. The molecule has 1 saturated heterocycles. The van der Waals surface area contributed by atoms with E-state index in [-0.39, 0.29) is 6.04 Å². The Balaban J connectivity index is 2.00. The van der Waals surface area contributed by atoms with Gasteiger partial charge in [0, 0.05) is 19.1 Å². The highest BCUT2D eigenvalue weighted by Crippen LogP contribution is 2.22. The molecule has 2 heterocycles. The number of halogens is 1. The molecule has 1 atom stereocenters. The highest BCUT2D eigenvalue weighted by molar-refractivity contribution is 9.10. The molecule has 18 heavy (non-hydrogen) atoms. The van der Waals surface area contributed by atoms with E-state index in [1.54, 1.807) is 6.20 Å². The van der Waals surface area contributed by atoms with E-state index in [1.165, 1.54) is 12.0 Å². The molecule has 0 radical (unpaired) electrons. The zero-order valence-electron chi connectivity index (χ0n) is 9.76. The fourth-order valence-corrected chi connectivity index (χ4v) is 2.15. The maximum Gasteiger partial charge on any atom is 0.407 e. The van der Waals surface area contributed by atoms with E-state index in [0.29, 0.717) is 29.4 Å². The van der Waals surface area contributed by atoms with Crippen LogP contribution in [0.1, 0.15) is 6.42 Å². The molecule has 0 unspecified atom stereocenters. The number of hydrogen-bond acceptors (Lipinski definition) is 5. The number of aromatic nitrogens is 2. The normalized spacial score (nSPS) is 18.8. The Morgan fingerprint density at radius 2 is 2.50 bits per heavy atom. The maximum atomic E-state index is 10.8. The van der Waals surface area contributed by atoms with E-state index in [0.717, 1.165) is 6.42 Å². The van der Waals surface area contributed by atoms with Gasteiger partial charge >= 0.3 is 6.09 Å². The Kier molecular flexibility index (Phi) is 3.85. The van der Waals surface area contributed by atoms with Gasteiger partial charge in [0.15, 0.2) is 0 Å². The van der Waals surface area contributed by atoms with Crippen molar-refractivity contribution in [2.75, 3.05) is 25.5 Å². The van der Waals surface area contributed by atoms with E-state index < -0.39 is 6.09 Å². The van der Waals surface area contributed by atoms with Gasteiger partial charge in [-0.25, -0.2) is 9.78 Å². The van der Waals surface area contributed by atoms with Crippen molar-refractivity contribution in [1.29, 1.82) is 0 Å². The van der Waals surface area contributed by atoms with Gasteiger partial charge in [-0.15, -0.1) is 0 Å². The number of nitrogens with zero attached hydrogens (tertiary/aromatic N) is 3. The van der Waals surface area contributed by atoms with Crippen molar-refractivity contribution in [1.82, 2.24) is 14.9 Å². The predicted molar refractivity (Wildman–Crippen MR) is 67.9 cm³/mol. The molecule has 0 aliphatic carbocycles. The van der Waals surface area contributed by atoms with Gasteiger partial charge in [0.2, 0.25) is 11.8 Å². The molecular formula is C10H13BrN4O3. The van der Waals surface area contributed by atoms with Crippen molar-refractivity contribution in [2.24, 2.45) is 0 Å². The summed E-state index contributed by atoms with van der Waals surface area (Å²) in [6, 6.07) is 0.0342. The first-order valence-electron chi connectivity index (χ1n) is 5.41. The molecule has 98 valence electrons. The van der Waals surface area contributed by atoms with Gasteiger partial charge in [-0.2, -0.15) is 4.98 Å². The Hall–Kier alpha value is -1.57. The molecule has 2 rings (SSSR count). The number of methoxy groups -OCH3 is 1. The maximum absolute atomic E-state index is 10.8. The molecule has 1 aromatic rings. The van der Waals surface area contributed by atoms with Crippen LogP contribution in [0.25, 0.3) is 0 Å². The second-order valence-electron chi connectivity index (χ2n) is 3.91. The average Bonchev–Trinajstić information content (AvgIpc) is 2.80. The summed E-state index contributed by atoms with van der Waals surface area (Å²) in [4.78, 5) is 20.4. The molecule has 8 heteroatoms. The van der Waals surface area contributed by atoms with Crippen LogP contribution < -0.4 is 10.1 Å². The van der Waals surface area contributed by atoms with Crippen LogP contribution in [0.2, 0.25) is 0 Å². The van der Waals surface area contributed by atoms with E-state index in [9.17, 15) is 4.79 Å². The SMILES string of the molecule is COc1nc(N[C@@H]2CCN(C(=O)O)C2)ncc1Br. The van der Waals surface area contributed by atoms with Crippen LogP contribution in [0.5, 0.6) is 5.88 Å². The largest absolute Gasteiger partial charge is 0.480 e. The first-order valence-corrected chi connectivity index (χ1v) is 6.20. The number of rotatable bonds is 3. The molecule has 0 spiro atoms. The Bertz CT molecular complexity index is 457. The number of likely N-dealkylation sites (tertiary alicyclic amines) is 1. The van der Waals surface area contributed by atoms with Crippen molar-refractivity contribution < 1.29 is 14.6 Å². The number of hydrogen-bond donors (Lipinski definition) is 2. The summed E-state index contributed by atoms with van der Waals surface area (Å²) in [5.41, 5.74) is 0. The Morgan fingerprint density at radius 3 is 3.11 bits per heavy atom. The third kappa shape index (κ3) is 2.81. The summed E-state index contributed by atoms with van der Waals surface area (Å²) < 4.78 is 5.74. The first kappa shape index (κ1) is 12.9. The summed E-state index contributed by atoms with van der Waals surface area (Å²) in [5, 5.41) is 12.0. The van der Waals surface area contributed by atoms with Gasteiger partial charge in [-0.05, 0) is 22.4 Å². The quantitative estimate of drug-likeness (QED) is 0.876. The lowest BCUT2D eigenvalue weighted by molar-refractivity contribution is 0.155. The summed E-state index contributed by atoms with van der Waals surface area (Å²) in [6.07, 6.45) is 1.44. The molecule has 1 fully saturated rings. The summed E-state index contributed by atoms with van der Waals surface area (Å²) >= 11 is 3.27. The minimum Gasteiger partial charge on any atom is -0.480 e. The minimum absolute atomic E-state index is 0.0342. The molecule has 0 aromatic carbocycles. The van der Waals surface area contributed by atoms with Crippen LogP contribution in [-0.2, 0) is 0 Å². The number of carbonyl (C=O) groups is 1. The topological polar surface area (TPSA) is 87.6 Å². The number of ether oxygens (including phenoxy) is 1. The molecular weight excluding hydrogens is 304 g/mol. The summed E-state index contributed by atoms with van der Waals surface area (Å²) in [6.45, 7) is 0.970. The predicted octanol–water partition coefficient (Wildman–Crippen LogP) is 1.41. The van der Waals surface area contributed by atoms with E-state index >= 15 is 0 Å². The van der Waals surface area contributed by atoms with Crippen molar-refractivity contribution in [3.8, 4) is 5.88 Å². The third-order valence-corrected chi connectivity index (χ3v) is 3.24. The van der Waals surface area contributed by atoms with E-state index in [2.05, 4.69) is 31.2 Å². The zero-order valence-corrected chi connectivity index (χ0v) is 11.3. The van der Waals surface area contributed by atoms with Crippen molar-refractivity contribution >= 4 is 28.0 Å². The minimum atomic E-state index is -0.895. The molecule has 0 saturated carbocycles. The van der Waals surface area contributed by atoms with Crippen LogP contribution in [0, 0.1) is 0 Å². The van der Waals surface area contributed by atoms with Crippen molar-refractivity contribution in [3.63, 3.8) is 0 Å². The number of amides is 1. The standard InChI is InChI=1S/C10H13BrN4O3/c1-18-8-7(11)4-12-9(14-8)13-6-2-3-15(5-6)10(16)17/h4,6H,2-3,5H2,1H3,(H,16,17)(H,12,13,14)/t6-/m1/s1. The van der Waals surface area contributed by atoms with Gasteiger partial charge in [0.1, 0.15) is 0 Å². The molecule has 0 bridgehead atoms. The number of nitrogens with one attached hydrogen (secondary N) is 1. The summed E-state index contributed by atoms with van der Waals surface area (Å²) in [5.74, 6) is 0.882. The fraction of sp³-hybridized carbons (Fsp3) is 0.500. The van der Waals surface area contributed by atoms with Crippen LogP contribution in [0.4, 0.5) is 10.7 Å². The van der Waals surface area contributed by atoms with Crippen LogP contribution in [0.3, 0.4) is 0 Å². The lowest BCUT2D eigenvalue weighted by Gasteiger charge is -2.14. The highest BCUT2D eigenvalue weighted by Gasteiger charge is 2.26. The zero-order chi connectivity index (χ0) is 13.1. The van der Waals surface area contributed by atoms with E-state index in [4.69, 9.17) is 9.84 Å². The molecule has 1 aromatic heterocycles. The van der Waals surface area contributed by atoms with Crippen LogP contribution >= 0.6 is 15.9 Å². The van der Waals surface area contributed by atoms with Gasteiger partial charge in [-0.1, -0.05) is 0 Å². The van der Waals surface area contributed by atoms with Gasteiger partial charge < -0.3 is 20.1 Å². The van der Waals surface area contributed by atoms with Crippen molar-refractivity contribution in [2.45, 2.75) is 12.5 Å². The van der Waals surface area contributed by atoms with Crippen molar-refractivity contribution in [3.05, 3.63) is 10.7 Å². The monoisotopic (exact) mass is 316 g/mol. The fourth-order valence-electron chi connectivity index (χ4n) is 1.80. The number of carboxylic acid groups (broad SMARTS) is 1. The van der Waals surface area contributed by atoms with Gasteiger partial charge in [0.05, 0.1) is 17.8 Å². The molecule has 1 aliphatic rings. The molecule has 2 N–H and O–H groups in total. The van der Waals surface area contributed by atoms with Gasteiger partial charge in [0.25, 0.3) is 0 Å². The van der Waals surface area contributed by atoms with Crippen LogP contribution in [0.15, 0.2) is 10.7 Å². The molecule has 1 amide bonds. The molecule has 1 aliphatic heterocycles. The molecule has 7 nitrogen and oxygen atoms in total. The smallest absolute Gasteiger partial charge is 0.407 e. The van der Waals surface area contributed by atoms with E-state index in [1.807, 2.05) is 0 Å². The lowest BCUT2D eigenvalue weighted by Crippen LogP contribution is -2.30.